The quantitative estimate of drug-likeness (QED) is 0.384. The molecule has 0 saturated heterocycles. The fraction of sp³-hybridized carbons (Fsp3) is 0.538. The van der Waals surface area contributed by atoms with Crippen molar-refractivity contribution in [3.63, 3.8) is 0 Å². The van der Waals surface area contributed by atoms with Gasteiger partial charge in [0.05, 0.1) is 17.6 Å². The van der Waals surface area contributed by atoms with E-state index >= 15 is 0 Å². The lowest BCUT2D eigenvalue weighted by Crippen LogP contribution is -2.31. The number of hydrogen-bond donors (Lipinski definition) is 3. The molecule has 1 unspecified atom stereocenters. The number of nitrogen functional groups attached to an aromatic ring is 1. The number of nitrogens with zero attached hydrogens (tertiary/aromatic N) is 1. The van der Waals surface area contributed by atoms with Crippen molar-refractivity contribution in [2.24, 2.45) is 11.8 Å². The molecule has 0 aliphatic heterocycles. The lowest BCUT2D eigenvalue weighted by molar-refractivity contribution is -0.383. The lowest BCUT2D eigenvalue weighted by atomic mass is 10.0. The van der Waals surface area contributed by atoms with E-state index < -0.39 is 4.92 Å². The molecule has 0 aliphatic carbocycles. The molecule has 0 amide bonds. The summed E-state index contributed by atoms with van der Waals surface area (Å²) in [5.41, 5.74) is 3.00. The summed E-state index contributed by atoms with van der Waals surface area (Å²) in [5, 5.41) is 14.4. The van der Waals surface area contributed by atoms with Gasteiger partial charge >= 0.3 is 5.69 Å². The van der Waals surface area contributed by atoms with Crippen molar-refractivity contribution in [1.82, 2.24) is 0 Å². The van der Waals surface area contributed by atoms with E-state index in [1.54, 1.807) is 18.2 Å². The van der Waals surface area contributed by atoms with E-state index in [1.807, 2.05) is 20.8 Å². The largest absolute Gasteiger partial charge is 0.380 e. The maximum absolute atomic E-state index is 11.2. The molecule has 0 heterocycles. The van der Waals surface area contributed by atoms with Crippen LogP contribution in [-0.4, -0.2) is 24.2 Å². The molecule has 7 heteroatoms. The zero-order valence-corrected chi connectivity index (χ0v) is 12.1. The van der Waals surface area contributed by atoms with Crippen LogP contribution in [0.25, 0.3) is 0 Å². The lowest BCUT2D eigenvalue weighted by Gasteiger charge is -2.23. The first-order chi connectivity index (χ1) is 9.51. The van der Waals surface area contributed by atoms with Crippen molar-refractivity contribution in [2.75, 3.05) is 24.0 Å². The fourth-order valence-corrected chi connectivity index (χ4v) is 1.82. The molecular weight excluding hydrogens is 260 g/mol. The van der Waals surface area contributed by atoms with Crippen LogP contribution < -0.4 is 16.6 Å². The number of hydrogen-bond acceptors (Lipinski definition) is 6. The molecule has 0 saturated carbocycles. The molecule has 0 fully saturated rings. The third kappa shape index (κ3) is 4.07. The normalized spacial score (nSPS) is 12.2. The molecular formula is C13H22N4O3. The summed E-state index contributed by atoms with van der Waals surface area (Å²) < 4.78 is 5.41. The van der Waals surface area contributed by atoms with Crippen LogP contribution in [0, 0.1) is 16.0 Å². The summed E-state index contributed by atoms with van der Waals surface area (Å²) in [6.07, 6.45) is 0. The van der Waals surface area contributed by atoms with Gasteiger partial charge in [-0.15, -0.1) is 0 Å². The minimum absolute atomic E-state index is 0.0123. The summed E-state index contributed by atoms with van der Waals surface area (Å²) >= 11 is 0. The van der Waals surface area contributed by atoms with Crippen LogP contribution in [0.2, 0.25) is 0 Å². The van der Waals surface area contributed by atoms with Crippen LogP contribution in [0.4, 0.5) is 17.1 Å². The predicted molar refractivity (Wildman–Crippen MR) is 79.6 cm³/mol. The minimum atomic E-state index is -0.449. The first-order valence-electron chi connectivity index (χ1n) is 6.59. The number of nitro benzene ring substituents is 1. The van der Waals surface area contributed by atoms with Gasteiger partial charge in [0.15, 0.2) is 0 Å². The maximum atomic E-state index is 11.2. The van der Waals surface area contributed by atoms with E-state index in [4.69, 9.17) is 10.6 Å². The van der Waals surface area contributed by atoms with Crippen LogP contribution in [0.3, 0.4) is 0 Å². The molecule has 1 atom stereocenters. The highest BCUT2D eigenvalue weighted by Crippen LogP contribution is 2.33. The number of hydrazine groups is 1. The molecule has 7 nitrogen and oxygen atoms in total. The van der Waals surface area contributed by atoms with E-state index in [0.717, 1.165) is 0 Å². The highest BCUT2D eigenvalue weighted by atomic mass is 16.6. The van der Waals surface area contributed by atoms with Crippen LogP contribution in [0.1, 0.15) is 20.8 Å². The van der Waals surface area contributed by atoms with Gasteiger partial charge in [-0.25, -0.2) is 0 Å². The number of para-hydroxylation sites is 1. The molecule has 0 radical (unpaired) electrons. The third-order valence-electron chi connectivity index (χ3n) is 3.02. The fourth-order valence-electron chi connectivity index (χ4n) is 1.82. The molecule has 112 valence electrons. The summed E-state index contributed by atoms with van der Waals surface area (Å²) in [7, 11) is 0. The Morgan fingerprint density at radius 3 is 2.55 bits per heavy atom. The Bertz CT molecular complexity index is 451. The number of nitrogens with one attached hydrogen (secondary N) is 2. The Morgan fingerprint density at radius 2 is 2.05 bits per heavy atom. The average molecular weight is 282 g/mol. The Kier molecular flexibility index (Phi) is 6.20. The zero-order valence-electron chi connectivity index (χ0n) is 12.1. The van der Waals surface area contributed by atoms with Gasteiger partial charge in [-0.1, -0.05) is 19.9 Å². The van der Waals surface area contributed by atoms with Crippen LogP contribution >= 0.6 is 0 Å². The predicted octanol–water partition coefficient (Wildman–Crippen LogP) is 2.35. The molecule has 0 aliphatic rings. The van der Waals surface area contributed by atoms with Gasteiger partial charge in [-0.2, -0.15) is 0 Å². The van der Waals surface area contributed by atoms with Gasteiger partial charge in [-0.05, 0) is 25.0 Å². The summed E-state index contributed by atoms with van der Waals surface area (Å²) in [6.45, 7) is 7.09. The van der Waals surface area contributed by atoms with E-state index in [1.165, 1.54) is 0 Å². The second-order valence-electron chi connectivity index (χ2n) is 4.76. The number of rotatable bonds is 8. The SMILES string of the molecule is CCOCC(Nc1cccc(NN)c1[N+](=O)[O-])C(C)C. The Hall–Kier alpha value is -1.86. The zero-order chi connectivity index (χ0) is 15.1. The Labute approximate surface area is 118 Å². The van der Waals surface area contributed by atoms with Crippen molar-refractivity contribution in [3.05, 3.63) is 28.3 Å². The van der Waals surface area contributed by atoms with Crippen LogP contribution in [-0.2, 0) is 4.74 Å². The van der Waals surface area contributed by atoms with Crippen LogP contribution in [0.5, 0.6) is 0 Å². The van der Waals surface area contributed by atoms with E-state index in [-0.39, 0.29) is 23.3 Å². The van der Waals surface area contributed by atoms with Crippen molar-refractivity contribution in [3.8, 4) is 0 Å². The van der Waals surface area contributed by atoms with Crippen molar-refractivity contribution in [1.29, 1.82) is 0 Å². The van der Waals surface area contributed by atoms with Crippen molar-refractivity contribution < 1.29 is 9.66 Å². The molecule has 0 spiro atoms. The number of nitro groups is 1. The van der Waals surface area contributed by atoms with Gasteiger partial charge in [0.25, 0.3) is 0 Å². The molecule has 1 aromatic rings. The molecule has 1 rings (SSSR count). The van der Waals surface area contributed by atoms with Gasteiger partial charge in [-0.3, -0.25) is 16.0 Å². The summed E-state index contributed by atoms with van der Waals surface area (Å²) in [5.74, 6) is 5.59. The van der Waals surface area contributed by atoms with Gasteiger partial charge in [0.2, 0.25) is 0 Å². The van der Waals surface area contributed by atoms with Crippen molar-refractivity contribution in [2.45, 2.75) is 26.8 Å². The average Bonchev–Trinajstić information content (AvgIpc) is 2.42. The van der Waals surface area contributed by atoms with Gasteiger partial charge < -0.3 is 15.5 Å². The molecule has 0 aromatic heterocycles. The number of benzene rings is 1. The number of nitrogens with two attached hydrogens (primary N) is 1. The Balaban J connectivity index is 3.02. The number of anilines is 2. The van der Waals surface area contributed by atoms with E-state index in [9.17, 15) is 10.1 Å². The van der Waals surface area contributed by atoms with Crippen LogP contribution in [0.15, 0.2) is 18.2 Å². The summed E-state index contributed by atoms with van der Waals surface area (Å²) in [4.78, 5) is 10.8. The second kappa shape index (κ2) is 7.66. The van der Waals surface area contributed by atoms with E-state index in [0.29, 0.717) is 18.9 Å². The maximum Gasteiger partial charge on any atom is 0.316 e. The number of ether oxygens (including phenoxy) is 1. The first kappa shape index (κ1) is 16.2. The van der Waals surface area contributed by atoms with Gasteiger partial charge in [0.1, 0.15) is 11.4 Å². The molecule has 0 bridgehead atoms. The second-order valence-corrected chi connectivity index (χ2v) is 4.76. The Morgan fingerprint density at radius 1 is 1.40 bits per heavy atom. The molecule has 20 heavy (non-hydrogen) atoms. The minimum Gasteiger partial charge on any atom is -0.380 e. The van der Waals surface area contributed by atoms with Gasteiger partial charge in [0, 0.05) is 6.61 Å². The third-order valence-corrected chi connectivity index (χ3v) is 3.02. The summed E-state index contributed by atoms with van der Waals surface area (Å²) in [6, 6.07) is 4.93. The topological polar surface area (TPSA) is 102 Å². The molecule has 1 aromatic carbocycles. The first-order valence-corrected chi connectivity index (χ1v) is 6.59. The molecule has 4 N–H and O–H groups in total. The van der Waals surface area contributed by atoms with Crippen molar-refractivity contribution >= 4 is 17.1 Å². The monoisotopic (exact) mass is 282 g/mol. The smallest absolute Gasteiger partial charge is 0.316 e. The highest BCUT2D eigenvalue weighted by Gasteiger charge is 2.22. The standard InChI is InChI=1S/C13H22N4O3/c1-4-20-8-12(9(2)3)15-10-6-5-7-11(16-14)13(10)17(18)19/h5-7,9,12,15-16H,4,8,14H2,1-3H3. The van der Waals surface area contributed by atoms with E-state index in [2.05, 4.69) is 10.7 Å². The highest BCUT2D eigenvalue weighted by molar-refractivity contribution is 5.76.